The van der Waals surface area contributed by atoms with Gasteiger partial charge in [0.2, 0.25) is 11.7 Å². The van der Waals surface area contributed by atoms with Gasteiger partial charge in [0, 0.05) is 17.4 Å². The molecule has 0 unspecified atom stereocenters. The fourth-order valence-electron chi connectivity index (χ4n) is 2.28. The van der Waals surface area contributed by atoms with E-state index in [1.165, 1.54) is 24.3 Å². The molecule has 12 heteroatoms. The Bertz CT molecular complexity index is 1010. The average Bonchev–Trinajstić information content (AvgIpc) is 3.12. The molecule has 2 heterocycles. The van der Waals surface area contributed by atoms with E-state index in [1.807, 2.05) is 0 Å². The molecule has 0 spiro atoms. The predicted molar refractivity (Wildman–Crippen MR) is 86.3 cm³/mol. The molecule has 1 N–H and O–H groups in total. The summed E-state index contributed by atoms with van der Waals surface area (Å²) >= 11 is 0. The molecule has 6 nitrogen and oxygen atoms in total. The van der Waals surface area contributed by atoms with Crippen molar-refractivity contribution in [2.45, 2.75) is 18.8 Å². The normalized spacial score (nSPS) is 12.1. The van der Waals surface area contributed by atoms with Crippen LogP contribution in [0.5, 0.6) is 0 Å². The molecule has 1 amide bonds. The summed E-state index contributed by atoms with van der Waals surface area (Å²) in [6, 6.07) is 7.01. The number of alkyl halides is 6. The number of rotatable bonds is 4. The maximum Gasteiger partial charge on any atom is 0.471 e. The SMILES string of the molecule is O=C(Cc1cc(C(F)(F)F)ccn1)Nc1ccc(-c2noc(C(F)(F)F)n2)cc1. The molecule has 0 aliphatic rings. The van der Waals surface area contributed by atoms with Gasteiger partial charge in [-0.1, -0.05) is 5.16 Å². The summed E-state index contributed by atoms with van der Waals surface area (Å²) < 4.78 is 79.7. The third-order valence-corrected chi connectivity index (χ3v) is 3.58. The molecular formula is C17H10F6N4O2. The number of pyridine rings is 1. The minimum Gasteiger partial charge on any atom is -0.329 e. The molecule has 0 saturated heterocycles. The van der Waals surface area contributed by atoms with E-state index in [4.69, 9.17) is 0 Å². The molecule has 0 fully saturated rings. The molecule has 3 rings (SSSR count). The van der Waals surface area contributed by atoms with Crippen LogP contribution < -0.4 is 5.32 Å². The summed E-state index contributed by atoms with van der Waals surface area (Å²) in [6.45, 7) is 0. The van der Waals surface area contributed by atoms with Crippen LogP contribution in [0.25, 0.3) is 11.4 Å². The smallest absolute Gasteiger partial charge is 0.329 e. The third-order valence-electron chi connectivity index (χ3n) is 3.58. The van der Waals surface area contributed by atoms with E-state index >= 15 is 0 Å². The topological polar surface area (TPSA) is 80.9 Å². The van der Waals surface area contributed by atoms with Crippen molar-refractivity contribution in [1.29, 1.82) is 0 Å². The van der Waals surface area contributed by atoms with E-state index in [2.05, 4.69) is 25.0 Å². The fourth-order valence-corrected chi connectivity index (χ4v) is 2.28. The van der Waals surface area contributed by atoms with Gasteiger partial charge in [0.05, 0.1) is 17.7 Å². The minimum absolute atomic E-state index is 0.0691. The summed E-state index contributed by atoms with van der Waals surface area (Å²) in [6.07, 6.45) is -8.76. The van der Waals surface area contributed by atoms with Crippen LogP contribution in [0, 0.1) is 0 Å². The second-order valence-corrected chi connectivity index (χ2v) is 5.76. The van der Waals surface area contributed by atoms with E-state index in [9.17, 15) is 31.1 Å². The first-order valence-corrected chi connectivity index (χ1v) is 7.86. The zero-order chi connectivity index (χ0) is 21.2. The number of amides is 1. The number of hydrogen-bond donors (Lipinski definition) is 1. The summed E-state index contributed by atoms with van der Waals surface area (Å²) in [5.41, 5.74) is -0.509. The monoisotopic (exact) mass is 416 g/mol. The maximum atomic E-state index is 12.7. The molecule has 29 heavy (non-hydrogen) atoms. The summed E-state index contributed by atoms with van der Waals surface area (Å²) in [7, 11) is 0. The van der Waals surface area contributed by atoms with Crippen molar-refractivity contribution in [2.75, 3.05) is 5.32 Å². The Morgan fingerprint density at radius 3 is 2.28 bits per heavy atom. The molecule has 0 aliphatic carbocycles. The van der Waals surface area contributed by atoms with E-state index in [0.29, 0.717) is 0 Å². The number of anilines is 1. The zero-order valence-electron chi connectivity index (χ0n) is 14.2. The first kappa shape index (κ1) is 20.3. The van der Waals surface area contributed by atoms with E-state index in [-0.39, 0.29) is 22.8 Å². The number of nitrogens with one attached hydrogen (secondary N) is 1. The van der Waals surface area contributed by atoms with Crippen molar-refractivity contribution < 1.29 is 35.7 Å². The van der Waals surface area contributed by atoms with E-state index in [1.54, 1.807) is 0 Å². The van der Waals surface area contributed by atoms with Crippen molar-refractivity contribution in [3.05, 3.63) is 59.7 Å². The summed E-state index contributed by atoms with van der Waals surface area (Å²) in [5, 5.41) is 5.69. The maximum absolute atomic E-state index is 12.7. The van der Waals surface area contributed by atoms with Crippen LogP contribution in [0.2, 0.25) is 0 Å². The number of aromatic nitrogens is 3. The molecule has 3 aromatic rings. The molecule has 2 aromatic heterocycles. The van der Waals surface area contributed by atoms with E-state index in [0.717, 1.165) is 18.3 Å². The van der Waals surface area contributed by atoms with Gasteiger partial charge >= 0.3 is 18.2 Å². The Balaban J connectivity index is 1.65. The highest BCUT2D eigenvalue weighted by atomic mass is 19.4. The van der Waals surface area contributed by atoms with Gasteiger partial charge in [-0.15, -0.1) is 0 Å². The van der Waals surface area contributed by atoms with Crippen molar-refractivity contribution in [3.8, 4) is 11.4 Å². The lowest BCUT2D eigenvalue weighted by molar-refractivity contribution is -0.159. The lowest BCUT2D eigenvalue weighted by Crippen LogP contribution is -2.16. The summed E-state index contributed by atoms with van der Waals surface area (Å²) in [5.74, 6) is -2.40. The molecule has 0 saturated carbocycles. The first-order chi connectivity index (χ1) is 13.5. The van der Waals surface area contributed by atoms with Gasteiger partial charge < -0.3 is 9.84 Å². The molecule has 0 bridgehead atoms. The minimum atomic E-state index is -4.77. The van der Waals surface area contributed by atoms with Gasteiger partial charge in [0.25, 0.3) is 0 Å². The third kappa shape index (κ3) is 5.09. The lowest BCUT2D eigenvalue weighted by Gasteiger charge is -2.08. The van der Waals surface area contributed by atoms with Gasteiger partial charge in [-0.05, 0) is 36.4 Å². The first-order valence-electron chi connectivity index (χ1n) is 7.86. The Morgan fingerprint density at radius 2 is 1.69 bits per heavy atom. The predicted octanol–water partition coefficient (Wildman–Crippen LogP) is 4.35. The molecule has 0 radical (unpaired) electrons. The quantitative estimate of drug-likeness (QED) is 0.640. The zero-order valence-corrected chi connectivity index (χ0v) is 14.2. The molecule has 1 aromatic carbocycles. The van der Waals surface area contributed by atoms with Gasteiger partial charge in [-0.3, -0.25) is 9.78 Å². The number of carbonyl (C=O) groups is 1. The molecule has 152 valence electrons. The van der Waals surface area contributed by atoms with E-state index < -0.39 is 36.1 Å². The number of halogens is 6. The highest BCUT2D eigenvalue weighted by Crippen LogP contribution is 2.30. The highest BCUT2D eigenvalue weighted by Gasteiger charge is 2.38. The molecule has 0 aliphatic heterocycles. The number of hydrogen-bond acceptors (Lipinski definition) is 5. The van der Waals surface area contributed by atoms with Crippen LogP contribution in [0.3, 0.4) is 0 Å². The Hall–Kier alpha value is -3.44. The van der Waals surface area contributed by atoms with Crippen LogP contribution in [-0.4, -0.2) is 21.0 Å². The number of nitrogens with zero attached hydrogens (tertiary/aromatic N) is 3. The largest absolute Gasteiger partial charge is 0.471 e. The second-order valence-electron chi connectivity index (χ2n) is 5.76. The fraction of sp³-hybridized carbons (Fsp3) is 0.176. The highest BCUT2D eigenvalue weighted by molar-refractivity contribution is 5.92. The van der Waals surface area contributed by atoms with Crippen LogP contribution in [-0.2, 0) is 23.6 Å². The molecule has 0 atom stereocenters. The van der Waals surface area contributed by atoms with Gasteiger partial charge in [0.1, 0.15) is 0 Å². The van der Waals surface area contributed by atoms with Crippen molar-refractivity contribution >= 4 is 11.6 Å². The van der Waals surface area contributed by atoms with Gasteiger partial charge in [-0.25, -0.2) is 0 Å². The standard InChI is InChI=1S/C17H10F6N4O2/c18-16(19,20)10-5-6-24-12(7-10)8-13(28)25-11-3-1-9(2-4-11)14-26-15(29-27-14)17(21,22)23/h1-7H,8H2,(H,25,28). The van der Waals surface area contributed by atoms with Crippen LogP contribution in [0.15, 0.2) is 47.1 Å². The van der Waals surface area contributed by atoms with Gasteiger partial charge in [0.15, 0.2) is 0 Å². The van der Waals surface area contributed by atoms with Crippen molar-refractivity contribution in [1.82, 2.24) is 15.1 Å². The van der Waals surface area contributed by atoms with Crippen LogP contribution in [0.1, 0.15) is 17.1 Å². The van der Waals surface area contributed by atoms with Crippen LogP contribution in [0.4, 0.5) is 32.0 Å². The summed E-state index contributed by atoms with van der Waals surface area (Å²) in [4.78, 5) is 19.0. The van der Waals surface area contributed by atoms with Gasteiger partial charge in [-0.2, -0.15) is 31.3 Å². The number of carbonyl (C=O) groups excluding carboxylic acids is 1. The second kappa shape index (κ2) is 7.53. The average molecular weight is 416 g/mol. The molecular weight excluding hydrogens is 406 g/mol. The Labute approximate surface area is 158 Å². The van der Waals surface area contributed by atoms with Crippen LogP contribution >= 0.6 is 0 Å². The van der Waals surface area contributed by atoms with Crippen molar-refractivity contribution in [3.63, 3.8) is 0 Å². The Morgan fingerprint density at radius 1 is 1.00 bits per heavy atom. The lowest BCUT2D eigenvalue weighted by atomic mass is 10.1. The number of benzene rings is 1. The van der Waals surface area contributed by atoms with Crippen molar-refractivity contribution in [2.24, 2.45) is 0 Å². The Kier molecular flexibility index (Phi) is 5.27.